The van der Waals surface area contributed by atoms with Crippen molar-refractivity contribution in [3.63, 3.8) is 0 Å². The first kappa shape index (κ1) is 77.1. The van der Waals surface area contributed by atoms with E-state index in [4.69, 9.17) is 9.47 Å². The van der Waals surface area contributed by atoms with Crippen LogP contribution in [0.1, 0.15) is 361 Å². The molecule has 5 nitrogen and oxygen atoms in total. The second-order valence-corrected chi connectivity index (χ2v) is 23.6. The first-order valence-electron chi connectivity index (χ1n) is 35.1. The highest BCUT2D eigenvalue weighted by atomic mass is 16.6. The second kappa shape index (κ2) is 70.3. The van der Waals surface area contributed by atoms with Crippen LogP contribution >= 0.6 is 0 Å². The molecule has 0 heterocycles. The smallest absolute Gasteiger partial charge is 0.306 e. The van der Waals surface area contributed by atoms with E-state index in [-0.39, 0.29) is 25.2 Å². The number of ether oxygens (including phenoxy) is 2. The molecule has 0 aliphatic carbocycles. The summed E-state index contributed by atoms with van der Waals surface area (Å²) in [5.74, 6) is -0.572. The topological polar surface area (TPSA) is 72.8 Å². The number of esters is 2. The molecule has 0 rings (SSSR count). The van der Waals surface area contributed by atoms with Crippen LogP contribution in [0, 0.1) is 0 Å². The minimum absolute atomic E-state index is 0.0621. The molecule has 0 bridgehead atoms. The van der Waals surface area contributed by atoms with Gasteiger partial charge in [-0.15, -0.1) is 0 Å². The molecule has 0 aromatic heterocycles. The fraction of sp³-hybridized carbons (Fsp3) is 0.787. The minimum Gasteiger partial charge on any atom is -0.462 e. The molecule has 1 unspecified atom stereocenters. The Kier molecular flexibility index (Phi) is 67.8. The van der Waals surface area contributed by atoms with E-state index in [0.717, 1.165) is 77.0 Å². The van der Waals surface area contributed by atoms with Gasteiger partial charge in [0.1, 0.15) is 6.61 Å². The Balaban J connectivity index is 3.44. The molecular formula is C75H134O5. The lowest BCUT2D eigenvalue weighted by Gasteiger charge is -2.15. The summed E-state index contributed by atoms with van der Waals surface area (Å²) in [5.41, 5.74) is 0. The van der Waals surface area contributed by atoms with Crippen LogP contribution in [-0.4, -0.2) is 36.4 Å². The number of carbonyl (C=O) groups excluding carboxylic acids is 2. The van der Waals surface area contributed by atoms with Crippen molar-refractivity contribution in [3.8, 4) is 0 Å². The fourth-order valence-electron chi connectivity index (χ4n) is 10.5. The van der Waals surface area contributed by atoms with Crippen molar-refractivity contribution in [2.24, 2.45) is 0 Å². The number of aliphatic hydroxyl groups is 1. The number of carbonyl (C=O) groups is 2. The molecule has 0 aliphatic heterocycles. The van der Waals surface area contributed by atoms with Gasteiger partial charge in [0.15, 0.2) is 6.10 Å². The summed E-state index contributed by atoms with van der Waals surface area (Å²) >= 11 is 0. The van der Waals surface area contributed by atoms with E-state index in [2.05, 4.69) is 98.9 Å². The van der Waals surface area contributed by atoms with E-state index in [1.807, 2.05) is 0 Å². The number of allylic oxidation sites excluding steroid dienone is 14. The SMILES string of the molecule is CC/C=C\C/C=C\C/C=C\C/C=C\C/C=C\C/C=C\C/C=C\CCCCCCCCCCCCCCCCCCCC(=O)OC(CO)COC(=O)CCCCCCCCCCCCCCCCCCCCCCCCCCCCC. The first-order chi connectivity index (χ1) is 39.6. The second-order valence-electron chi connectivity index (χ2n) is 23.6. The first-order valence-corrected chi connectivity index (χ1v) is 35.1. The lowest BCUT2D eigenvalue weighted by atomic mass is 10.0. The Hall–Kier alpha value is -2.92. The molecule has 0 saturated heterocycles. The van der Waals surface area contributed by atoms with Crippen molar-refractivity contribution >= 4 is 11.9 Å². The highest BCUT2D eigenvalue weighted by Gasteiger charge is 2.16. The lowest BCUT2D eigenvalue weighted by Crippen LogP contribution is -2.28. The number of unbranched alkanes of at least 4 members (excludes halogenated alkanes) is 43. The van der Waals surface area contributed by atoms with Crippen molar-refractivity contribution in [2.75, 3.05) is 13.2 Å². The van der Waals surface area contributed by atoms with Gasteiger partial charge in [-0.3, -0.25) is 9.59 Å². The van der Waals surface area contributed by atoms with Crippen LogP contribution in [0.2, 0.25) is 0 Å². The Morgan fingerprint density at radius 3 is 0.812 bits per heavy atom. The van der Waals surface area contributed by atoms with Gasteiger partial charge in [-0.1, -0.05) is 362 Å². The third-order valence-electron chi connectivity index (χ3n) is 15.7. The zero-order valence-electron chi connectivity index (χ0n) is 53.3. The summed E-state index contributed by atoms with van der Waals surface area (Å²) in [7, 11) is 0. The van der Waals surface area contributed by atoms with Crippen molar-refractivity contribution in [1.82, 2.24) is 0 Å². The molecule has 0 aliphatic rings. The number of hydrogen-bond donors (Lipinski definition) is 1. The maximum absolute atomic E-state index is 12.4. The molecule has 0 aromatic carbocycles. The van der Waals surface area contributed by atoms with Crippen molar-refractivity contribution < 1.29 is 24.2 Å². The zero-order valence-corrected chi connectivity index (χ0v) is 53.3. The Bertz CT molecular complexity index is 1450. The third kappa shape index (κ3) is 67.6. The van der Waals surface area contributed by atoms with E-state index in [1.165, 1.54) is 257 Å². The number of rotatable bonds is 65. The standard InChI is InChI=1S/C75H134O5/c1-3-5-7-9-11-13-15-17-19-21-23-25-27-29-31-32-33-34-35-36-37-38-39-40-41-42-44-46-48-50-52-54-56-58-60-62-64-66-68-70-75(78)80-73(71-76)72-79-74(77)69-67-65-63-61-59-57-55-53-51-49-47-45-43-30-28-26-24-22-20-18-16-14-12-10-8-6-4-2/h5,7,11,13,17,19,23,25,29,31,33-34,36-37,73,76H,3-4,6,8-10,12,14-16,18,20-22,24,26-28,30,32,35,38-72H2,1-2H3/b7-5-,13-11-,19-17-,25-23-,31-29-,34-33-,37-36-. The third-order valence-corrected chi connectivity index (χ3v) is 15.7. The predicted octanol–water partition coefficient (Wildman–Crippen LogP) is 24.4. The molecule has 464 valence electrons. The zero-order chi connectivity index (χ0) is 57.6. The summed E-state index contributed by atoms with van der Waals surface area (Å²) in [6.45, 7) is 4.08. The summed E-state index contributed by atoms with van der Waals surface area (Å²) in [5, 5.41) is 9.70. The van der Waals surface area contributed by atoms with Crippen LogP contribution < -0.4 is 0 Å². The van der Waals surface area contributed by atoms with Crippen LogP contribution in [0.4, 0.5) is 0 Å². The molecule has 1 atom stereocenters. The lowest BCUT2D eigenvalue weighted by molar-refractivity contribution is -0.161. The van der Waals surface area contributed by atoms with Gasteiger partial charge < -0.3 is 14.6 Å². The van der Waals surface area contributed by atoms with Crippen LogP contribution in [0.25, 0.3) is 0 Å². The van der Waals surface area contributed by atoms with Crippen molar-refractivity contribution in [1.29, 1.82) is 0 Å². The molecule has 0 fully saturated rings. The van der Waals surface area contributed by atoms with Crippen LogP contribution in [0.5, 0.6) is 0 Å². The van der Waals surface area contributed by atoms with Gasteiger partial charge in [0.2, 0.25) is 0 Å². The fourth-order valence-corrected chi connectivity index (χ4v) is 10.5. The van der Waals surface area contributed by atoms with Gasteiger partial charge in [-0.25, -0.2) is 0 Å². The minimum atomic E-state index is -0.773. The average molecular weight is 1120 g/mol. The molecule has 0 spiro atoms. The van der Waals surface area contributed by atoms with Crippen LogP contribution in [-0.2, 0) is 19.1 Å². The molecule has 0 saturated carbocycles. The predicted molar refractivity (Wildman–Crippen MR) is 353 cm³/mol. The normalized spacial score (nSPS) is 12.7. The molecule has 0 amide bonds. The van der Waals surface area contributed by atoms with E-state index >= 15 is 0 Å². The molecule has 1 N–H and O–H groups in total. The van der Waals surface area contributed by atoms with Gasteiger partial charge >= 0.3 is 11.9 Å². The Morgan fingerprint density at radius 2 is 0.537 bits per heavy atom. The van der Waals surface area contributed by atoms with Crippen molar-refractivity contribution in [2.45, 2.75) is 367 Å². The van der Waals surface area contributed by atoms with Gasteiger partial charge in [0, 0.05) is 12.8 Å². The van der Waals surface area contributed by atoms with Gasteiger partial charge in [-0.05, 0) is 70.6 Å². The summed E-state index contributed by atoms with van der Waals surface area (Å²) in [4.78, 5) is 24.7. The van der Waals surface area contributed by atoms with E-state index in [9.17, 15) is 14.7 Å². The van der Waals surface area contributed by atoms with Crippen molar-refractivity contribution in [3.05, 3.63) is 85.1 Å². The van der Waals surface area contributed by atoms with E-state index < -0.39 is 6.10 Å². The monoisotopic (exact) mass is 1120 g/mol. The Labute approximate surface area is 498 Å². The Morgan fingerprint density at radius 1 is 0.300 bits per heavy atom. The summed E-state index contributed by atoms with van der Waals surface area (Å²) in [6, 6.07) is 0. The summed E-state index contributed by atoms with van der Waals surface area (Å²) < 4.78 is 10.8. The van der Waals surface area contributed by atoms with Gasteiger partial charge in [0.25, 0.3) is 0 Å². The number of hydrogen-bond acceptors (Lipinski definition) is 5. The molecule has 5 heteroatoms. The molecule has 0 radical (unpaired) electrons. The number of aliphatic hydroxyl groups excluding tert-OH is 1. The molecular weight excluding hydrogens is 981 g/mol. The highest BCUT2D eigenvalue weighted by molar-refractivity contribution is 5.70. The summed E-state index contributed by atoms with van der Waals surface area (Å²) in [6.07, 6.45) is 99.0. The van der Waals surface area contributed by atoms with E-state index in [0.29, 0.717) is 12.8 Å². The quantitative estimate of drug-likeness (QED) is 0.0373. The molecule has 0 aromatic rings. The average Bonchev–Trinajstić information content (AvgIpc) is 3.46. The highest BCUT2D eigenvalue weighted by Crippen LogP contribution is 2.19. The maximum atomic E-state index is 12.4. The van der Waals surface area contributed by atoms with E-state index in [1.54, 1.807) is 0 Å². The largest absolute Gasteiger partial charge is 0.462 e. The molecule has 80 heavy (non-hydrogen) atoms. The maximum Gasteiger partial charge on any atom is 0.306 e. The van der Waals surface area contributed by atoms with Gasteiger partial charge in [0.05, 0.1) is 6.61 Å². The van der Waals surface area contributed by atoms with Crippen LogP contribution in [0.15, 0.2) is 85.1 Å². The van der Waals surface area contributed by atoms with Crippen LogP contribution in [0.3, 0.4) is 0 Å². The van der Waals surface area contributed by atoms with Gasteiger partial charge in [-0.2, -0.15) is 0 Å².